The maximum Gasteiger partial charge on any atom is 0.407 e. The standard InChI is InChI=1S/C17H21FN2O4/c1-10(9-19-16(23)24-17(2,3)4)20-13(15(21)22)8-11-6-5-7-12(18)14(11)20/h5-8,10H,9H2,1-4H3,(H,19,23)(H,21,22). The van der Waals surface area contributed by atoms with Gasteiger partial charge in [-0.2, -0.15) is 0 Å². The number of benzene rings is 1. The number of nitrogens with one attached hydrogen (secondary N) is 1. The molecule has 1 heterocycles. The molecule has 1 aromatic heterocycles. The smallest absolute Gasteiger partial charge is 0.407 e. The van der Waals surface area contributed by atoms with Crippen LogP contribution in [0.15, 0.2) is 24.3 Å². The van der Waals surface area contributed by atoms with E-state index in [2.05, 4.69) is 5.32 Å². The van der Waals surface area contributed by atoms with Crippen LogP contribution in [0, 0.1) is 5.82 Å². The van der Waals surface area contributed by atoms with Crippen LogP contribution in [-0.4, -0.2) is 33.9 Å². The minimum absolute atomic E-state index is 0.0337. The van der Waals surface area contributed by atoms with Crippen LogP contribution < -0.4 is 5.32 Å². The van der Waals surface area contributed by atoms with Crippen molar-refractivity contribution in [3.8, 4) is 0 Å². The number of carboxylic acid groups (broad SMARTS) is 1. The second kappa shape index (κ2) is 6.51. The van der Waals surface area contributed by atoms with Crippen molar-refractivity contribution in [2.45, 2.75) is 39.3 Å². The SMILES string of the molecule is CC(CNC(=O)OC(C)(C)C)n1c(C(=O)O)cc2cccc(F)c21. The van der Waals surface area contributed by atoms with E-state index < -0.39 is 29.5 Å². The zero-order valence-corrected chi connectivity index (χ0v) is 14.1. The molecule has 1 atom stereocenters. The largest absolute Gasteiger partial charge is 0.477 e. The highest BCUT2D eigenvalue weighted by Gasteiger charge is 2.22. The molecule has 130 valence electrons. The van der Waals surface area contributed by atoms with E-state index in [1.807, 2.05) is 0 Å². The minimum Gasteiger partial charge on any atom is -0.477 e. The summed E-state index contributed by atoms with van der Waals surface area (Å²) in [5.41, 5.74) is -0.465. The van der Waals surface area contributed by atoms with Gasteiger partial charge < -0.3 is 19.7 Å². The first-order valence-corrected chi connectivity index (χ1v) is 7.60. The fourth-order valence-electron chi connectivity index (χ4n) is 2.50. The van der Waals surface area contributed by atoms with Gasteiger partial charge in [-0.15, -0.1) is 0 Å². The molecule has 2 N–H and O–H groups in total. The monoisotopic (exact) mass is 336 g/mol. The Morgan fingerprint density at radius 2 is 2.04 bits per heavy atom. The number of aromatic nitrogens is 1. The predicted octanol–water partition coefficient (Wildman–Crippen LogP) is 3.56. The van der Waals surface area contributed by atoms with E-state index in [4.69, 9.17) is 4.74 Å². The fourth-order valence-corrected chi connectivity index (χ4v) is 2.50. The van der Waals surface area contributed by atoms with Crippen LogP contribution in [0.3, 0.4) is 0 Å². The van der Waals surface area contributed by atoms with Gasteiger partial charge in [-0.3, -0.25) is 0 Å². The van der Waals surface area contributed by atoms with Gasteiger partial charge in [0.05, 0.1) is 5.52 Å². The maximum atomic E-state index is 14.2. The number of carboxylic acids is 1. The molecule has 24 heavy (non-hydrogen) atoms. The molecule has 1 amide bonds. The zero-order chi connectivity index (χ0) is 18.1. The lowest BCUT2D eigenvalue weighted by molar-refractivity contribution is 0.0521. The molecule has 0 aliphatic rings. The molecule has 0 aliphatic heterocycles. The van der Waals surface area contributed by atoms with E-state index >= 15 is 0 Å². The zero-order valence-electron chi connectivity index (χ0n) is 14.1. The lowest BCUT2D eigenvalue weighted by Gasteiger charge is -2.22. The van der Waals surface area contributed by atoms with E-state index in [-0.39, 0.29) is 17.8 Å². The molecule has 1 aromatic carbocycles. The van der Waals surface area contributed by atoms with Crippen LogP contribution in [0.4, 0.5) is 9.18 Å². The third kappa shape index (κ3) is 3.84. The fraction of sp³-hybridized carbons (Fsp3) is 0.412. The van der Waals surface area contributed by atoms with E-state index in [9.17, 15) is 19.1 Å². The summed E-state index contributed by atoms with van der Waals surface area (Å²) in [4.78, 5) is 23.2. The predicted molar refractivity (Wildman–Crippen MR) is 87.8 cm³/mol. The number of hydrogen-bond acceptors (Lipinski definition) is 3. The number of aromatic carboxylic acids is 1. The minimum atomic E-state index is -1.16. The Hall–Kier alpha value is -2.57. The Morgan fingerprint density at radius 1 is 1.38 bits per heavy atom. The van der Waals surface area contributed by atoms with E-state index in [0.717, 1.165) is 0 Å². The van der Waals surface area contributed by atoms with E-state index in [1.165, 1.54) is 22.8 Å². The Labute approximate surface area is 139 Å². The summed E-state index contributed by atoms with van der Waals surface area (Å²) < 4.78 is 20.7. The van der Waals surface area contributed by atoms with Crippen LogP contribution >= 0.6 is 0 Å². The number of carbonyl (C=O) groups excluding carboxylic acids is 1. The van der Waals surface area contributed by atoms with Crippen LogP contribution in [0.25, 0.3) is 10.9 Å². The topological polar surface area (TPSA) is 80.6 Å². The quantitative estimate of drug-likeness (QED) is 0.894. The average Bonchev–Trinajstić information content (AvgIpc) is 2.84. The maximum absolute atomic E-state index is 14.2. The van der Waals surface area contributed by atoms with Crippen molar-refractivity contribution in [1.29, 1.82) is 0 Å². The summed E-state index contributed by atoms with van der Waals surface area (Å²) in [6.07, 6.45) is -0.608. The molecule has 0 radical (unpaired) electrons. The highest BCUT2D eigenvalue weighted by atomic mass is 19.1. The lowest BCUT2D eigenvalue weighted by Crippen LogP contribution is -2.35. The number of halogens is 1. The molecule has 0 spiro atoms. The number of amides is 1. The van der Waals surface area contributed by atoms with Gasteiger partial charge in [0.15, 0.2) is 0 Å². The Bertz CT molecular complexity index is 777. The molecule has 2 aromatic rings. The summed E-state index contributed by atoms with van der Waals surface area (Å²) in [6.45, 7) is 7.04. The summed E-state index contributed by atoms with van der Waals surface area (Å²) in [5.74, 6) is -1.67. The number of fused-ring (bicyclic) bond motifs is 1. The molecule has 0 bridgehead atoms. The van der Waals surface area contributed by atoms with Gasteiger partial charge in [-0.1, -0.05) is 12.1 Å². The van der Waals surface area contributed by atoms with Crippen LogP contribution in [0.2, 0.25) is 0 Å². The lowest BCUT2D eigenvalue weighted by atomic mass is 10.2. The Morgan fingerprint density at radius 3 is 2.62 bits per heavy atom. The molecule has 0 fully saturated rings. The number of nitrogens with zero attached hydrogens (tertiary/aromatic N) is 1. The summed E-state index contributed by atoms with van der Waals surface area (Å²) in [5, 5.41) is 12.5. The van der Waals surface area contributed by atoms with Gasteiger partial charge in [0.25, 0.3) is 0 Å². The third-order valence-electron chi connectivity index (χ3n) is 3.41. The van der Waals surface area contributed by atoms with E-state index in [1.54, 1.807) is 33.8 Å². The van der Waals surface area contributed by atoms with Gasteiger partial charge in [0.2, 0.25) is 0 Å². The highest BCUT2D eigenvalue weighted by Crippen LogP contribution is 2.26. The molecule has 0 saturated carbocycles. The molecule has 1 unspecified atom stereocenters. The van der Waals surface area contributed by atoms with Crippen molar-refractivity contribution >= 4 is 23.0 Å². The molecule has 0 saturated heterocycles. The number of alkyl carbamates (subject to hydrolysis) is 1. The number of carbonyl (C=O) groups is 2. The van der Waals surface area contributed by atoms with E-state index in [0.29, 0.717) is 5.39 Å². The van der Waals surface area contributed by atoms with Crippen molar-refractivity contribution in [3.05, 3.63) is 35.8 Å². The third-order valence-corrected chi connectivity index (χ3v) is 3.41. The summed E-state index contributed by atoms with van der Waals surface area (Å²) >= 11 is 0. The second-order valence-corrected chi connectivity index (χ2v) is 6.61. The van der Waals surface area contributed by atoms with Gasteiger partial charge in [0, 0.05) is 18.0 Å². The van der Waals surface area contributed by atoms with Crippen molar-refractivity contribution < 1.29 is 23.8 Å². The molecule has 2 rings (SSSR count). The molecule has 6 nitrogen and oxygen atoms in total. The molecule has 7 heteroatoms. The van der Waals surface area contributed by atoms with Crippen LogP contribution in [-0.2, 0) is 4.74 Å². The van der Waals surface area contributed by atoms with Gasteiger partial charge >= 0.3 is 12.1 Å². The summed E-state index contributed by atoms with van der Waals surface area (Å²) in [6, 6.07) is 5.40. The van der Waals surface area contributed by atoms with Crippen molar-refractivity contribution in [2.75, 3.05) is 6.54 Å². The normalized spacial score (nSPS) is 12.9. The average molecular weight is 336 g/mol. The van der Waals surface area contributed by atoms with Crippen molar-refractivity contribution in [1.82, 2.24) is 9.88 Å². The number of ether oxygens (including phenoxy) is 1. The van der Waals surface area contributed by atoms with Gasteiger partial charge in [-0.05, 0) is 39.8 Å². The Balaban J connectivity index is 2.28. The van der Waals surface area contributed by atoms with Gasteiger partial charge in [0.1, 0.15) is 17.1 Å². The Kier molecular flexibility index (Phi) is 4.82. The van der Waals surface area contributed by atoms with Crippen molar-refractivity contribution in [2.24, 2.45) is 0 Å². The van der Waals surface area contributed by atoms with Crippen LogP contribution in [0.5, 0.6) is 0 Å². The van der Waals surface area contributed by atoms with Gasteiger partial charge in [-0.25, -0.2) is 14.0 Å². The number of hydrogen-bond donors (Lipinski definition) is 2. The number of rotatable bonds is 4. The molecular formula is C17H21FN2O4. The first kappa shape index (κ1) is 17.8. The first-order chi connectivity index (χ1) is 11.1. The van der Waals surface area contributed by atoms with Crippen molar-refractivity contribution in [3.63, 3.8) is 0 Å². The molecule has 0 aliphatic carbocycles. The van der Waals surface area contributed by atoms with Crippen LogP contribution in [0.1, 0.15) is 44.2 Å². The first-order valence-electron chi connectivity index (χ1n) is 7.60. The highest BCUT2D eigenvalue weighted by molar-refractivity contribution is 5.95. The summed E-state index contributed by atoms with van der Waals surface area (Å²) in [7, 11) is 0. The second-order valence-electron chi connectivity index (χ2n) is 6.61. The number of para-hydroxylation sites is 1. The molecular weight excluding hydrogens is 315 g/mol.